The highest BCUT2D eigenvalue weighted by Crippen LogP contribution is 2.45. The van der Waals surface area contributed by atoms with Gasteiger partial charge in [-0.1, -0.05) is 43.5 Å². The van der Waals surface area contributed by atoms with Gasteiger partial charge in [-0.25, -0.2) is 22.0 Å². The van der Waals surface area contributed by atoms with Gasteiger partial charge in [0.2, 0.25) is 34.2 Å². The van der Waals surface area contributed by atoms with Crippen molar-refractivity contribution in [3.05, 3.63) is 47.5 Å². The fourth-order valence-corrected chi connectivity index (χ4v) is 8.83. The summed E-state index contributed by atoms with van der Waals surface area (Å²) in [6.45, 7) is 4.00. The summed E-state index contributed by atoms with van der Waals surface area (Å²) >= 11 is 0. The van der Waals surface area contributed by atoms with Gasteiger partial charge in [-0.15, -0.1) is 6.58 Å². The van der Waals surface area contributed by atoms with Crippen LogP contribution in [0.5, 0.6) is 0 Å². The predicted octanol–water partition coefficient (Wildman–Crippen LogP) is 2.81. The molecular formula is C35H45F2N5O8S. The van der Waals surface area contributed by atoms with Gasteiger partial charge < -0.3 is 20.3 Å². The van der Waals surface area contributed by atoms with E-state index in [2.05, 4.69) is 28.0 Å². The minimum Gasteiger partial charge on any atom is -0.444 e. The molecule has 51 heavy (non-hydrogen) atoms. The van der Waals surface area contributed by atoms with Crippen LogP contribution in [0.25, 0.3) is 0 Å². The number of hydrogen-bond acceptors (Lipinski definition) is 8. The number of nitrogens with zero attached hydrogens (tertiary/aromatic N) is 2. The molecule has 5 amide bonds. The molecule has 6 rings (SSSR count). The molecule has 278 valence electrons. The molecule has 3 aliphatic heterocycles. The lowest BCUT2D eigenvalue weighted by atomic mass is 9.98. The van der Waals surface area contributed by atoms with Crippen molar-refractivity contribution in [2.24, 2.45) is 5.92 Å². The summed E-state index contributed by atoms with van der Waals surface area (Å²) in [7, 11) is -3.96. The zero-order valence-corrected chi connectivity index (χ0v) is 29.2. The maximum absolute atomic E-state index is 14.0. The number of sulfonamides is 1. The lowest BCUT2D eigenvalue weighted by Gasteiger charge is -2.29. The third kappa shape index (κ3) is 8.20. The molecule has 1 aromatic carbocycles. The Hall–Kier alpha value is -4.08. The van der Waals surface area contributed by atoms with Crippen LogP contribution in [0.2, 0.25) is 0 Å². The molecule has 4 bridgehead atoms. The standard InChI is InChI=1S/C35H45F2N5O8S/c1-2-23-17-35(23,33(46)40-51(48,49)25-13-14-25)39-31(44)28-15-24-19-42(28)32(45)27(16-29(36)37)38-30(43)12-7-5-3-4-6-9-21-10-8-11-22-18-41(20-26(21)22)34(47)50-24/h2,8,10-11,23-25,27-29H,1,3-7,9,12-20H2,(H,38,43)(H,39,44)(H,40,46)/t23-,24+,27-,28-,35+/m0/s1. The monoisotopic (exact) mass is 733 g/mol. The summed E-state index contributed by atoms with van der Waals surface area (Å²) in [6.07, 6.45) is 1.24. The molecular weight excluding hydrogens is 688 g/mol. The topological polar surface area (TPSA) is 171 Å². The maximum atomic E-state index is 14.0. The number of ether oxygens (including phenoxy) is 1. The summed E-state index contributed by atoms with van der Waals surface area (Å²) in [4.78, 5) is 70.2. The van der Waals surface area contributed by atoms with Crippen molar-refractivity contribution in [1.29, 1.82) is 0 Å². The average molecular weight is 734 g/mol. The van der Waals surface area contributed by atoms with E-state index in [4.69, 9.17) is 4.74 Å². The van der Waals surface area contributed by atoms with Crippen molar-refractivity contribution in [2.45, 2.75) is 126 Å². The number of aryl methyl sites for hydroxylation is 1. The first-order chi connectivity index (χ1) is 24.3. The highest BCUT2D eigenvalue weighted by molar-refractivity contribution is 7.91. The van der Waals surface area contributed by atoms with E-state index < -0.39 is 87.5 Å². The summed E-state index contributed by atoms with van der Waals surface area (Å²) in [5, 5.41) is 4.36. The van der Waals surface area contributed by atoms with Gasteiger partial charge in [-0.05, 0) is 55.2 Å². The highest BCUT2D eigenvalue weighted by atomic mass is 32.2. The van der Waals surface area contributed by atoms with Gasteiger partial charge in [-0.3, -0.25) is 28.8 Å². The molecule has 3 N–H and O–H groups in total. The van der Waals surface area contributed by atoms with Crippen molar-refractivity contribution in [3.8, 4) is 0 Å². The van der Waals surface area contributed by atoms with Gasteiger partial charge >= 0.3 is 6.09 Å². The number of hydrogen-bond donors (Lipinski definition) is 3. The fraction of sp³-hybridized carbons (Fsp3) is 0.629. The summed E-state index contributed by atoms with van der Waals surface area (Å²) in [5.74, 6) is -3.94. The highest BCUT2D eigenvalue weighted by Gasteiger charge is 2.62. The van der Waals surface area contributed by atoms with E-state index in [-0.39, 0.29) is 25.8 Å². The third-order valence-electron chi connectivity index (χ3n) is 10.6. The minimum atomic E-state index is -3.96. The summed E-state index contributed by atoms with van der Waals surface area (Å²) in [5.41, 5.74) is 1.55. The summed E-state index contributed by atoms with van der Waals surface area (Å²) in [6, 6.07) is 2.92. The van der Waals surface area contributed by atoms with Crippen LogP contribution in [0.4, 0.5) is 13.6 Å². The first-order valence-corrected chi connectivity index (χ1v) is 19.3. The fourth-order valence-electron chi connectivity index (χ4n) is 7.46. The first kappa shape index (κ1) is 36.7. The lowest BCUT2D eigenvalue weighted by molar-refractivity contribution is -0.143. The minimum absolute atomic E-state index is 0.0313. The van der Waals surface area contributed by atoms with Crippen LogP contribution in [0.1, 0.15) is 87.3 Å². The van der Waals surface area contributed by atoms with Gasteiger partial charge in [0.25, 0.3) is 5.91 Å². The van der Waals surface area contributed by atoms with Gasteiger partial charge in [0.05, 0.1) is 11.8 Å². The number of amides is 5. The molecule has 1 aromatic rings. The normalized spacial score (nSPS) is 28.9. The van der Waals surface area contributed by atoms with Crippen LogP contribution in [-0.4, -0.2) is 89.9 Å². The lowest BCUT2D eigenvalue weighted by Crippen LogP contribution is -2.58. The first-order valence-electron chi connectivity index (χ1n) is 17.7. The van der Waals surface area contributed by atoms with Gasteiger partial charge in [0.15, 0.2) is 0 Å². The van der Waals surface area contributed by atoms with E-state index in [0.29, 0.717) is 32.4 Å². The van der Waals surface area contributed by atoms with Crippen molar-refractivity contribution in [3.63, 3.8) is 0 Å². The predicted molar refractivity (Wildman–Crippen MR) is 179 cm³/mol. The molecule has 2 saturated carbocycles. The van der Waals surface area contributed by atoms with Crippen LogP contribution in [-0.2, 0) is 53.4 Å². The number of fused-ring (bicyclic) bond motifs is 3. The second kappa shape index (κ2) is 14.9. The van der Waals surface area contributed by atoms with Crippen LogP contribution in [0.15, 0.2) is 30.9 Å². The van der Waals surface area contributed by atoms with Gasteiger partial charge in [0.1, 0.15) is 23.7 Å². The number of carbonyl (C=O) groups is 5. The Morgan fingerprint density at radius 1 is 1.06 bits per heavy atom. The number of carbonyl (C=O) groups excluding carboxylic acids is 5. The number of halogens is 2. The summed E-state index contributed by atoms with van der Waals surface area (Å²) < 4.78 is 60.6. The van der Waals surface area contributed by atoms with Crippen LogP contribution in [0.3, 0.4) is 0 Å². The molecule has 13 nitrogen and oxygen atoms in total. The number of nitrogens with one attached hydrogen (secondary N) is 3. The van der Waals surface area contributed by atoms with Gasteiger partial charge in [-0.2, -0.15) is 0 Å². The molecule has 2 aliphatic carbocycles. The molecule has 0 radical (unpaired) electrons. The van der Waals surface area contributed by atoms with Gasteiger partial charge in [0, 0.05) is 38.3 Å². The van der Waals surface area contributed by atoms with Crippen molar-refractivity contribution in [2.75, 3.05) is 6.54 Å². The van der Waals surface area contributed by atoms with Crippen LogP contribution in [0, 0.1) is 5.92 Å². The molecule has 0 spiro atoms. The van der Waals surface area contributed by atoms with Crippen molar-refractivity contribution < 1.29 is 45.9 Å². The number of alkyl halides is 2. The number of rotatable bonds is 8. The second-order valence-electron chi connectivity index (χ2n) is 14.4. The van der Waals surface area contributed by atoms with E-state index in [9.17, 15) is 41.2 Å². The molecule has 3 fully saturated rings. The van der Waals surface area contributed by atoms with E-state index in [1.165, 1.54) is 11.0 Å². The molecule has 1 saturated heterocycles. The average Bonchev–Trinajstić information content (AvgIpc) is 3.97. The van der Waals surface area contributed by atoms with Crippen LogP contribution < -0.4 is 15.4 Å². The second-order valence-corrected chi connectivity index (χ2v) is 16.3. The third-order valence-corrected chi connectivity index (χ3v) is 12.4. The molecule has 0 aromatic heterocycles. The quantitative estimate of drug-likeness (QED) is 0.343. The van der Waals surface area contributed by atoms with E-state index >= 15 is 0 Å². The number of benzene rings is 1. The molecule has 3 heterocycles. The Labute approximate surface area is 295 Å². The molecule has 5 aliphatic rings. The largest absolute Gasteiger partial charge is 0.444 e. The van der Waals surface area contributed by atoms with E-state index in [1.54, 1.807) is 0 Å². The SMILES string of the molecule is C=C[C@H]1C[C@]1(NC(=O)[C@@H]1C[C@@H]2CN1C(=O)[C@H](CC(F)F)NC(=O)CCCCCCCc1cccc3c1CN(C3)C(=O)O2)C(=O)NS(=O)(=O)C1CC1. The zero-order chi connectivity index (χ0) is 36.5. The Bertz CT molecular complexity index is 1690. The maximum Gasteiger partial charge on any atom is 0.410 e. The Morgan fingerprint density at radius 2 is 1.76 bits per heavy atom. The van der Waals surface area contributed by atoms with Crippen molar-refractivity contribution >= 4 is 39.7 Å². The smallest absolute Gasteiger partial charge is 0.410 e. The van der Waals surface area contributed by atoms with E-state index in [0.717, 1.165) is 53.7 Å². The Kier molecular flexibility index (Phi) is 10.7. The molecule has 16 heteroatoms. The zero-order valence-electron chi connectivity index (χ0n) is 28.4. The van der Waals surface area contributed by atoms with Crippen LogP contribution >= 0.6 is 0 Å². The Morgan fingerprint density at radius 3 is 2.45 bits per heavy atom. The van der Waals surface area contributed by atoms with E-state index in [1.807, 2.05) is 12.1 Å². The molecule has 0 unspecified atom stereocenters. The Balaban J connectivity index is 1.25. The molecule has 5 atom stereocenters. The van der Waals surface area contributed by atoms with Crippen molar-refractivity contribution in [1.82, 2.24) is 25.2 Å².